The van der Waals surface area contributed by atoms with Crippen LogP contribution in [-0.2, 0) is 6.42 Å². The first-order chi connectivity index (χ1) is 6.56. The van der Waals surface area contributed by atoms with Crippen LogP contribution >= 0.6 is 0 Å². The highest BCUT2D eigenvalue weighted by atomic mass is 15.2. The van der Waals surface area contributed by atoms with Crippen molar-refractivity contribution in [2.24, 2.45) is 5.73 Å². The highest BCUT2D eigenvalue weighted by Crippen LogP contribution is 2.15. The van der Waals surface area contributed by atoms with Crippen molar-refractivity contribution in [2.45, 2.75) is 25.8 Å². The van der Waals surface area contributed by atoms with E-state index in [-0.39, 0.29) is 5.54 Å². The summed E-state index contributed by atoms with van der Waals surface area (Å²) in [5, 5.41) is 4.26. The van der Waals surface area contributed by atoms with Crippen molar-refractivity contribution in [1.29, 1.82) is 0 Å². The van der Waals surface area contributed by atoms with Crippen LogP contribution in [0, 0.1) is 0 Å². The monoisotopic (exact) mass is 189 g/mol. The second-order valence-corrected chi connectivity index (χ2v) is 4.37. The zero-order valence-corrected chi connectivity index (χ0v) is 8.57. The molecule has 0 unspecified atom stereocenters. The molecule has 0 radical (unpaired) electrons. The van der Waals surface area contributed by atoms with Gasteiger partial charge in [0.1, 0.15) is 0 Å². The highest BCUT2D eigenvalue weighted by Gasteiger charge is 2.14. The van der Waals surface area contributed by atoms with Gasteiger partial charge in [0, 0.05) is 11.7 Å². The molecule has 2 rings (SSSR count). The van der Waals surface area contributed by atoms with Gasteiger partial charge in [0.15, 0.2) is 0 Å². The minimum atomic E-state index is -0.181. The van der Waals surface area contributed by atoms with Crippen LogP contribution in [-0.4, -0.2) is 15.2 Å². The Morgan fingerprint density at radius 2 is 2.21 bits per heavy atom. The van der Waals surface area contributed by atoms with E-state index in [0.29, 0.717) is 0 Å². The van der Waals surface area contributed by atoms with Crippen LogP contribution in [0.25, 0.3) is 5.52 Å². The fourth-order valence-corrected chi connectivity index (χ4v) is 1.61. The standard InChI is InChI=1S/C11H15N3/c1-11(2,12)7-9-8-13-14-6-4-3-5-10(9)14/h3-6,8H,7,12H2,1-2H3. The zero-order valence-electron chi connectivity index (χ0n) is 8.57. The fraction of sp³-hybridized carbons (Fsp3) is 0.364. The van der Waals surface area contributed by atoms with Crippen LogP contribution in [0.1, 0.15) is 19.4 Å². The first-order valence-corrected chi connectivity index (χ1v) is 4.76. The topological polar surface area (TPSA) is 43.3 Å². The average molecular weight is 189 g/mol. The molecule has 2 heterocycles. The molecule has 0 saturated heterocycles. The second kappa shape index (κ2) is 3.10. The molecule has 14 heavy (non-hydrogen) atoms. The molecule has 0 amide bonds. The van der Waals surface area contributed by atoms with E-state index in [1.54, 1.807) is 0 Å². The first kappa shape index (κ1) is 9.21. The molecule has 0 fully saturated rings. The molecule has 0 aromatic carbocycles. The van der Waals surface area contributed by atoms with Crippen LogP contribution in [0.2, 0.25) is 0 Å². The van der Waals surface area contributed by atoms with Crippen molar-refractivity contribution in [3.05, 3.63) is 36.2 Å². The summed E-state index contributed by atoms with van der Waals surface area (Å²) in [6, 6.07) is 6.05. The van der Waals surface area contributed by atoms with Crippen LogP contribution < -0.4 is 5.73 Å². The molecular formula is C11H15N3. The Hall–Kier alpha value is -1.35. The average Bonchev–Trinajstić information content (AvgIpc) is 2.47. The van der Waals surface area contributed by atoms with Gasteiger partial charge >= 0.3 is 0 Å². The number of hydrogen-bond donors (Lipinski definition) is 1. The van der Waals surface area contributed by atoms with Gasteiger partial charge in [-0.3, -0.25) is 0 Å². The molecule has 2 aromatic rings. The molecule has 2 aromatic heterocycles. The third-order valence-electron chi connectivity index (χ3n) is 2.15. The fourth-order valence-electron chi connectivity index (χ4n) is 1.61. The van der Waals surface area contributed by atoms with E-state index in [1.807, 2.05) is 42.9 Å². The van der Waals surface area contributed by atoms with Gasteiger partial charge in [-0.1, -0.05) is 6.07 Å². The predicted octanol–water partition coefficient (Wildman–Crippen LogP) is 1.61. The largest absolute Gasteiger partial charge is 0.325 e. The van der Waals surface area contributed by atoms with Gasteiger partial charge in [0.25, 0.3) is 0 Å². The first-order valence-electron chi connectivity index (χ1n) is 4.76. The highest BCUT2D eigenvalue weighted by molar-refractivity contribution is 5.53. The van der Waals surface area contributed by atoms with Crippen molar-refractivity contribution in [3.8, 4) is 0 Å². The van der Waals surface area contributed by atoms with Gasteiger partial charge in [0.05, 0.1) is 11.7 Å². The molecule has 0 spiro atoms. The number of nitrogens with zero attached hydrogens (tertiary/aromatic N) is 2. The number of pyridine rings is 1. The molecular weight excluding hydrogens is 174 g/mol. The lowest BCUT2D eigenvalue weighted by Crippen LogP contribution is -2.34. The molecule has 0 aliphatic heterocycles. The molecule has 0 atom stereocenters. The zero-order chi connectivity index (χ0) is 10.2. The van der Waals surface area contributed by atoms with E-state index in [2.05, 4.69) is 11.2 Å². The second-order valence-electron chi connectivity index (χ2n) is 4.37. The Bertz CT molecular complexity index is 437. The summed E-state index contributed by atoms with van der Waals surface area (Å²) in [5.41, 5.74) is 8.15. The maximum atomic E-state index is 5.98. The number of aromatic nitrogens is 2. The molecule has 0 aliphatic carbocycles. The number of rotatable bonds is 2. The van der Waals surface area contributed by atoms with E-state index >= 15 is 0 Å². The Balaban J connectivity index is 2.44. The summed E-state index contributed by atoms with van der Waals surface area (Å²) in [4.78, 5) is 0. The van der Waals surface area contributed by atoms with Gasteiger partial charge in [-0.15, -0.1) is 0 Å². The summed E-state index contributed by atoms with van der Waals surface area (Å²) in [7, 11) is 0. The third-order valence-corrected chi connectivity index (χ3v) is 2.15. The lowest BCUT2D eigenvalue weighted by atomic mass is 9.97. The van der Waals surface area contributed by atoms with Crippen molar-refractivity contribution < 1.29 is 0 Å². The lowest BCUT2D eigenvalue weighted by Gasteiger charge is -2.17. The Morgan fingerprint density at radius 3 is 2.93 bits per heavy atom. The van der Waals surface area contributed by atoms with Crippen molar-refractivity contribution in [3.63, 3.8) is 0 Å². The predicted molar refractivity (Wildman–Crippen MR) is 57.2 cm³/mol. The van der Waals surface area contributed by atoms with E-state index in [1.165, 1.54) is 5.56 Å². The SMILES string of the molecule is CC(C)(N)Cc1cnn2ccccc12. The Morgan fingerprint density at radius 1 is 1.43 bits per heavy atom. The quantitative estimate of drug-likeness (QED) is 0.780. The molecule has 0 saturated carbocycles. The van der Waals surface area contributed by atoms with Crippen molar-refractivity contribution in [1.82, 2.24) is 9.61 Å². The van der Waals surface area contributed by atoms with Crippen molar-refractivity contribution >= 4 is 5.52 Å². The number of nitrogens with two attached hydrogens (primary N) is 1. The number of fused-ring (bicyclic) bond motifs is 1. The Labute approximate surface area is 83.5 Å². The summed E-state index contributed by atoms with van der Waals surface area (Å²) < 4.78 is 1.88. The summed E-state index contributed by atoms with van der Waals surface area (Å²) in [5.74, 6) is 0. The van der Waals surface area contributed by atoms with Gasteiger partial charge < -0.3 is 5.73 Å². The van der Waals surface area contributed by atoms with E-state index in [0.717, 1.165) is 11.9 Å². The van der Waals surface area contributed by atoms with Gasteiger partial charge in [-0.2, -0.15) is 5.10 Å². The maximum Gasteiger partial charge on any atom is 0.0694 e. The Kier molecular flexibility index (Phi) is 2.04. The molecule has 0 bridgehead atoms. The summed E-state index contributed by atoms with van der Waals surface area (Å²) >= 11 is 0. The van der Waals surface area contributed by atoms with Gasteiger partial charge in [0.2, 0.25) is 0 Å². The lowest BCUT2D eigenvalue weighted by molar-refractivity contribution is 0.518. The van der Waals surface area contributed by atoms with Crippen LogP contribution in [0.4, 0.5) is 0 Å². The van der Waals surface area contributed by atoms with Crippen LogP contribution in [0.5, 0.6) is 0 Å². The molecule has 3 nitrogen and oxygen atoms in total. The van der Waals surface area contributed by atoms with Crippen LogP contribution in [0.3, 0.4) is 0 Å². The normalized spacial score (nSPS) is 12.2. The number of hydrogen-bond acceptors (Lipinski definition) is 2. The minimum absolute atomic E-state index is 0.181. The van der Waals surface area contributed by atoms with Gasteiger partial charge in [-0.25, -0.2) is 4.52 Å². The van der Waals surface area contributed by atoms with Crippen molar-refractivity contribution in [2.75, 3.05) is 0 Å². The molecule has 2 N–H and O–H groups in total. The van der Waals surface area contributed by atoms with Gasteiger partial charge in [-0.05, 0) is 38.0 Å². The van der Waals surface area contributed by atoms with Crippen LogP contribution in [0.15, 0.2) is 30.6 Å². The molecule has 3 heteroatoms. The third kappa shape index (κ3) is 1.77. The van der Waals surface area contributed by atoms with E-state index in [4.69, 9.17) is 5.73 Å². The van der Waals surface area contributed by atoms with E-state index < -0.39 is 0 Å². The summed E-state index contributed by atoms with van der Waals surface area (Å²) in [6.45, 7) is 4.05. The molecule has 0 aliphatic rings. The van der Waals surface area contributed by atoms with E-state index in [9.17, 15) is 0 Å². The maximum absolute atomic E-state index is 5.98. The minimum Gasteiger partial charge on any atom is -0.325 e. The summed E-state index contributed by atoms with van der Waals surface area (Å²) in [6.07, 6.45) is 4.69. The smallest absolute Gasteiger partial charge is 0.0694 e. The molecule has 74 valence electrons.